The first-order chi connectivity index (χ1) is 9.51. The third-order valence-electron chi connectivity index (χ3n) is 2.56. The van der Waals surface area contributed by atoms with Crippen molar-refractivity contribution in [3.8, 4) is 0 Å². The van der Waals surface area contributed by atoms with E-state index in [1.807, 2.05) is 0 Å². The van der Waals surface area contributed by atoms with Gasteiger partial charge in [0.15, 0.2) is 5.58 Å². The highest BCUT2D eigenvalue weighted by Gasteiger charge is 2.60. The first-order valence-corrected chi connectivity index (χ1v) is 5.28. The van der Waals surface area contributed by atoms with Gasteiger partial charge in [-0.3, -0.25) is 0 Å². The van der Waals surface area contributed by atoms with E-state index in [9.17, 15) is 31.1 Å². The molecular weight excluding hydrogens is 308 g/mol. The fourth-order valence-corrected chi connectivity index (χ4v) is 1.72. The van der Waals surface area contributed by atoms with Gasteiger partial charge in [-0.15, -0.1) is 0 Å². The summed E-state index contributed by atoms with van der Waals surface area (Å²) in [5.41, 5.74) is -1.61. The van der Waals surface area contributed by atoms with Gasteiger partial charge in [0.05, 0.1) is 0 Å². The van der Waals surface area contributed by atoms with Gasteiger partial charge < -0.3 is 9.52 Å². The summed E-state index contributed by atoms with van der Waals surface area (Å²) in [7, 11) is 0. The zero-order valence-corrected chi connectivity index (χ0v) is 9.79. The fourth-order valence-electron chi connectivity index (χ4n) is 1.72. The van der Waals surface area contributed by atoms with Crippen LogP contribution in [-0.2, 0) is 0 Å². The van der Waals surface area contributed by atoms with Crippen LogP contribution in [0.2, 0.25) is 0 Å². The molecule has 0 fully saturated rings. The Balaban J connectivity index is 2.66. The van der Waals surface area contributed by atoms with Gasteiger partial charge >= 0.3 is 18.3 Å². The van der Waals surface area contributed by atoms with Gasteiger partial charge in [0.1, 0.15) is 11.1 Å². The molecule has 1 heterocycles. The molecule has 0 spiro atoms. The van der Waals surface area contributed by atoms with Gasteiger partial charge in [0, 0.05) is 0 Å². The number of hydrogen-bond donors (Lipinski definition) is 1. The largest absolute Gasteiger partial charge is 0.478 e. The lowest BCUT2D eigenvalue weighted by Crippen LogP contribution is -2.34. The van der Waals surface area contributed by atoms with Crippen LogP contribution in [0.4, 0.5) is 26.3 Å². The van der Waals surface area contributed by atoms with E-state index in [-0.39, 0.29) is 0 Å². The Morgan fingerprint density at radius 3 is 2.19 bits per heavy atom. The maximum absolute atomic E-state index is 12.6. The van der Waals surface area contributed by atoms with E-state index in [2.05, 4.69) is 9.40 Å². The summed E-state index contributed by atoms with van der Waals surface area (Å²) in [5.74, 6) is -7.11. The molecule has 114 valence electrons. The van der Waals surface area contributed by atoms with Crippen LogP contribution in [0.3, 0.4) is 0 Å². The standard InChI is InChI=1S/C11H5F6NO3/c12-10(13,14)7(11(15,16)17)8-18-5-3-1-2-4(9(19)20)6(5)21-8/h1-3,7H,(H,19,20). The van der Waals surface area contributed by atoms with Crippen LogP contribution in [0, 0.1) is 0 Å². The van der Waals surface area contributed by atoms with Crippen LogP contribution in [0.25, 0.3) is 11.1 Å². The van der Waals surface area contributed by atoms with Gasteiger partial charge in [-0.1, -0.05) is 6.07 Å². The number of rotatable bonds is 2. The summed E-state index contributed by atoms with van der Waals surface area (Å²) >= 11 is 0. The van der Waals surface area contributed by atoms with Crippen molar-refractivity contribution in [2.45, 2.75) is 18.3 Å². The van der Waals surface area contributed by atoms with Gasteiger partial charge in [-0.05, 0) is 12.1 Å². The van der Waals surface area contributed by atoms with Crippen LogP contribution < -0.4 is 0 Å². The summed E-state index contributed by atoms with van der Waals surface area (Å²) in [6.45, 7) is 0. The lowest BCUT2D eigenvalue weighted by molar-refractivity contribution is -0.258. The number of nitrogens with zero attached hydrogens (tertiary/aromatic N) is 1. The Hall–Kier alpha value is -2.26. The molecule has 2 aromatic rings. The van der Waals surface area contributed by atoms with Gasteiger partial charge in [0.2, 0.25) is 11.8 Å². The first-order valence-electron chi connectivity index (χ1n) is 5.28. The van der Waals surface area contributed by atoms with Crippen LogP contribution in [-0.4, -0.2) is 28.4 Å². The molecule has 0 amide bonds. The molecule has 0 saturated heterocycles. The van der Waals surface area contributed by atoms with Crippen molar-refractivity contribution < 1.29 is 40.7 Å². The number of carboxylic acids is 1. The number of hydrogen-bond acceptors (Lipinski definition) is 3. The quantitative estimate of drug-likeness (QED) is 0.858. The number of halogens is 6. The van der Waals surface area contributed by atoms with E-state index in [1.54, 1.807) is 0 Å². The molecule has 0 bridgehead atoms. The molecule has 0 radical (unpaired) electrons. The zero-order chi connectivity index (χ0) is 16.0. The van der Waals surface area contributed by atoms with Gasteiger partial charge in [0.25, 0.3) is 0 Å². The van der Waals surface area contributed by atoms with E-state index < -0.39 is 46.8 Å². The number of fused-ring (bicyclic) bond motifs is 1. The number of para-hydroxylation sites is 1. The van der Waals surface area contributed by atoms with Crippen LogP contribution in [0.5, 0.6) is 0 Å². The van der Waals surface area contributed by atoms with Gasteiger partial charge in [-0.25, -0.2) is 9.78 Å². The molecule has 0 aliphatic heterocycles. The molecule has 0 saturated carbocycles. The molecule has 0 aliphatic carbocycles. The van der Waals surface area contributed by atoms with Crippen molar-refractivity contribution in [1.82, 2.24) is 4.98 Å². The van der Waals surface area contributed by atoms with E-state index in [0.717, 1.165) is 18.2 Å². The molecular formula is C11H5F6NO3. The molecule has 0 atom stereocenters. The predicted octanol–water partition coefficient (Wildman–Crippen LogP) is 3.73. The molecule has 4 nitrogen and oxygen atoms in total. The summed E-state index contributed by atoms with van der Waals surface area (Å²) < 4.78 is 79.8. The maximum atomic E-state index is 12.6. The number of benzene rings is 1. The maximum Gasteiger partial charge on any atom is 0.409 e. The molecule has 0 unspecified atom stereocenters. The predicted molar refractivity (Wildman–Crippen MR) is 55.8 cm³/mol. The van der Waals surface area contributed by atoms with Crippen LogP contribution in [0.1, 0.15) is 22.2 Å². The van der Waals surface area contributed by atoms with Crippen LogP contribution >= 0.6 is 0 Å². The second-order valence-electron chi connectivity index (χ2n) is 4.03. The second-order valence-corrected chi connectivity index (χ2v) is 4.03. The van der Waals surface area contributed by atoms with E-state index in [1.165, 1.54) is 0 Å². The number of oxazole rings is 1. The van der Waals surface area contributed by atoms with Crippen molar-refractivity contribution in [3.05, 3.63) is 29.7 Å². The Kier molecular flexibility index (Phi) is 3.34. The highest BCUT2D eigenvalue weighted by atomic mass is 19.4. The van der Waals surface area contributed by atoms with E-state index in [0.29, 0.717) is 0 Å². The van der Waals surface area contributed by atoms with Gasteiger partial charge in [-0.2, -0.15) is 26.3 Å². The molecule has 1 N–H and O–H groups in total. The molecule has 2 rings (SSSR count). The van der Waals surface area contributed by atoms with Crippen molar-refractivity contribution in [1.29, 1.82) is 0 Å². The average molecular weight is 313 g/mol. The lowest BCUT2D eigenvalue weighted by atomic mass is 10.1. The smallest absolute Gasteiger partial charge is 0.409 e. The van der Waals surface area contributed by atoms with E-state index in [4.69, 9.17) is 5.11 Å². The first kappa shape index (κ1) is 15.1. The number of aromatic carboxylic acids is 1. The number of alkyl halides is 6. The monoisotopic (exact) mass is 313 g/mol. The lowest BCUT2D eigenvalue weighted by Gasteiger charge is -2.19. The molecule has 21 heavy (non-hydrogen) atoms. The Morgan fingerprint density at radius 1 is 1.14 bits per heavy atom. The van der Waals surface area contributed by atoms with Crippen LogP contribution in [0.15, 0.2) is 22.6 Å². The normalized spacial score (nSPS) is 13.1. The highest BCUT2D eigenvalue weighted by molar-refractivity contribution is 5.99. The minimum Gasteiger partial charge on any atom is -0.478 e. The summed E-state index contributed by atoms with van der Waals surface area (Å²) in [6, 6.07) is 3.17. The minimum absolute atomic E-state index is 0.400. The molecule has 1 aromatic carbocycles. The summed E-state index contributed by atoms with van der Waals surface area (Å²) in [4.78, 5) is 14.0. The summed E-state index contributed by atoms with van der Waals surface area (Å²) in [5, 5.41) is 8.82. The Labute approximate surface area is 112 Å². The molecule has 1 aromatic heterocycles. The zero-order valence-electron chi connectivity index (χ0n) is 9.79. The number of aromatic nitrogens is 1. The van der Waals surface area contributed by atoms with Crippen molar-refractivity contribution in [3.63, 3.8) is 0 Å². The van der Waals surface area contributed by atoms with Crippen molar-refractivity contribution in [2.75, 3.05) is 0 Å². The minimum atomic E-state index is -5.66. The van der Waals surface area contributed by atoms with E-state index >= 15 is 0 Å². The number of carbonyl (C=O) groups is 1. The van der Waals surface area contributed by atoms with Crippen molar-refractivity contribution >= 4 is 17.1 Å². The Bertz CT molecular complexity index is 673. The second kappa shape index (κ2) is 4.64. The molecule has 10 heteroatoms. The SMILES string of the molecule is O=C(O)c1cccc2nc(C(C(F)(F)F)C(F)(F)F)oc12. The topological polar surface area (TPSA) is 63.3 Å². The summed E-state index contributed by atoms with van der Waals surface area (Å²) in [6.07, 6.45) is -11.3. The van der Waals surface area contributed by atoms with Crippen molar-refractivity contribution in [2.24, 2.45) is 0 Å². The molecule has 0 aliphatic rings. The fraction of sp³-hybridized carbons (Fsp3) is 0.273. The average Bonchev–Trinajstić information content (AvgIpc) is 2.66. The third-order valence-corrected chi connectivity index (χ3v) is 2.56. The number of carboxylic acid groups (broad SMARTS) is 1. The third kappa shape index (κ3) is 2.78. The highest BCUT2D eigenvalue weighted by Crippen LogP contribution is 2.46. The Morgan fingerprint density at radius 2 is 1.71 bits per heavy atom.